The van der Waals surface area contributed by atoms with E-state index in [0.29, 0.717) is 10.7 Å². The van der Waals surface area contributed by atoms with Gasteiger partial charge in [0.15, 0.2) is 5.11 Å². The van der Waals surface area contributed by atoms with E-state index in [0.717, 1.165) is 17.7 Å². The molecule has 0 saturated carbocycles. The van der Waals surface area contributed by atoms with Crippen LogP contribution >= 0.6 is 12.2 Å². The van der Waals surface area contributed by atoms with Crippen LogP contribution in [-0.4, -0.2) is 18.2 Å². The summed E-state index contributed by atoms with van der Waals surface area (Å²) in [6.45, 7) is 6.09. The Morgan fingerprint density at radius 1 is 1.16 bits per heavy atom. The molecule has 1 unspecified atom stereocenters. The highest BCUT2D eigenvalue weighted by molar-refractivity contribution is 7.80. The summed E-state index contributed by atoms with van der Waals surface area (Å²) in [5, 5.41) is 7.09. The van der Waals surface area contributed by atoms with Crippen LogP contribution in [0.3, 0.4) is 0 Å². The predicted molar refractivity (Wildman–Crippen MR) is 106 cm³/mol. The van der Waals surface area contributed by atoms with Gasteiger partial charge >= 0.3 is 5.97 Å². The van der Waals surface area contributed by atoms with Gasteiger partial charge in [0, 0.05) is 5.69 Å². The molecule has 25 heavy (non-hydrogen) atoms. The molecule has 132 valence electrons. The lowest BCUT2D eigenvalue weighted by atomic mass is 9.99. The minimum absolute atomic E-state index is 0.130. The van der Waals surface area contributed by atoms with E-state index in [1.165, 1.54) is 18.2 Å². The lowest BCUT2D eigenvalue weighted by Gasteiger charge is -2.22. The Kier molecular flexibility index (Phi) is 6.53. The molecular formula is C20H24N2O2S. The van der Waals surface area contributed by atoms with Crippen molar-refractivity contribution < 1.29 is 9.53 Å². The van der Waals surface area contributed by atoms with E-state index in [9.17, 15) is 4.79 Å². The summed E-state index contributed by atoms with van der Waals surface area (Å²) in [5.41, 5.74) is 4.59. The second-order valence-corrected chi connectivity index (χ2v) is 6.29. The molecule has 0 aromatic heterocycles. The zero-order chi connectivity index (χ0) is 18.4. The lowest BCUT2D eigenvalue weighted by Crippen LogP contribution is -2.32. The molecule has 2 N–H and O–H groups in total. The largest absolute Gasteiger partial charge is 0.465 e. The third-order valence-corrected chi connectivity index (χ3v) is 4.48. The van der Waals surface area contributed by atoms with Crippen LogP contribution in [0.4, 0.5) is 5.69 Å². The van der Waals surface area contributed by atoms with Crippen LogP contribution in [0.2, 0.25) is 0 Å². The van der Waals surface area contributed by atoms with E-state index in [2.05, 4.69) is 36.6 Å². The number of carbonyl (C=O) groups excluding carboxylic acids is 1. The third-order valence-electron chi connectivity index (χ3n) is 4.26. The molecule has 0 bridgehead atoms. The number of thiocarbonyl (C=S) groups is 1. The first-order valence-electron chi connectivity index (χ1n) is 8.28. The molecule has 0 radical (unpaired) electrons. The summed E-state index contributed by atoms with van der Waals surface area (Å²) in [6, 6.07) is 13.8. The first-order chi connectivity index (χ1) is 12.0. The molecule has 1 atom stereocenters. The van der Waals surface area contributed by atoms with Crippen molar-refractivity contribution in [3.63, 3.8) is 0 Å². The van der Waals surface area contributed by atoms with Gasteiger partial charge in [0.25, 0.3) is 0 Å². The van der Waals surface area contributed by atoms with Crippen molar-refractivity contribution in [1.82, 2.24) is 5.32 Å². The predicted octanol–water partition coefficient (Wildman–Crippen LogP) is 4.53. The number of methoxy groups -OCH3 is 1. The second-order valence-electron chi connectivity index (χ2n) is 5.89. The molecule has 0 saturated heterocycles. The highest BCUT2D eigenvalue weighted by Gasteiger charge is 2.15. The van der Waals surface area contributed by atoms with Crippen LogP contribution in [0, 0.1) is 13.8 Å². The summed E-state index contributed by atoms with van der Waals surface area (Å²) in [5.74, 6) is -0.355. The Labute approximate surface area is 154 Å². The van der Waals surface area contributed by atoms with Crippen LogP contribution < -0.4 is 10.6 Å². The number of anilines is 1. The molecule has 0 aliphatic carbocycles. The summed E-state index contributed by atoms with van der Waals surface area (Å²) in [7, 11) is 1.38. The van der Waals surface area contributed by atoms with Crippen LogP contribution in [0.1, 0.15) is 46.4 Å². The van der Waals surface area contributed by atoms with Crippen LogP contribution in [0.5, 0.6) is 0 Å². The first kappa shape index (κ1) is 18.9. The van der Waals surface area contributed by atoms with Crippen molar-refractivity contribution in [1.29, 1.82) is 0 Å². The van der Waals surface area contributed by atoms with Crippen molar-refractivity contribution >= 4 is 29.0 Å². The monoisotopic (exact) mass is 356 g/mol. The Morgan fingerprint density at radius 2 is 1.88 bits per heavy atom. The molecular weight excluding hydrogens is 332 g/mol. The maximum absolute atomic E-state index is 11.8. The number of carbonyl (C=O) groups is 1. The number of nitrogens with one attached hydrogen (secondary N) is 2. The highest BCUT2D eigenvalue weighted by atomic mass is 32.1. The first-order valence-corrected chi connectivity index (χ1v) is 8.69. The Morgan fingerprint density at radius 3 is 2.52 bits per heavy atom. The third kappa shape index (κ3) is 4.57. The number of ether oxygens (including phenoxy) is 1. The van der Waals surface area contributed by atoms with Gasteiger partial charge in [0.1, 0.15) is 0 Å². The fraction of sp³-hybridized carbons (Fsp3) is 0.300. The number of rotatable bonds is 5. The highest BCUT2D eigenvalue weighted by Crippen LogP contribution is 2.22. The summed E-state index contributed by atoms with van der Waals surface area (Å²) in [4.78, 5) is 11.8. The zero-order valence-electron chi connectivity index (χ0n) is 15.1. The van der Waals surface area contributed by atoms with E-state index in [1.807, 2.05) is 31.2 Å². The molecule has 2 rings (SSSR count). The Hall–Kier alpha value is -2.40. The van der Waals surface area contributed by atoms with Crippen molar-refractivity contribution in [2.24, 2.45) is 0 Å². The fourth-order valence-electron chi connectivity index (χ4n) is 2.80. The molecule has 0 spiro atoms. The maximum atomic E-state index is 11.8. The van der Waals surface area contributed by atoms with Crippen LogP contribution in [0.15, 0.2) is 42.5 Å². The minimum Gasteiger partial charge on any atom is -0.465 e. The molecule has 5 heteroatoms. The van der Waals surface area contributed by atoms with Crippen molar-refractivity contribution in [3.8, 4) is 0 Å². The molecule has 4 nitrogen and oxygen atoms in total. The van der Waals surface area contributed by atoms with Gasteiger partial charge in [0.05, 0.1) is 18.7 Å². The average Bonchev–Trinajstić information content (AvgIpc) is 2.61. The van der Waals surface area contributed by atoms with Gasteiger partial charge in [-0.05, 0) is 61.3 Å². The summed E-state index contributed by atoms with van der Waals surface area (Å²) >= 11 is 5.48. The SMILES string of the molecule is CCC(NC(=S)Nc1cccc(C(=O)OC)c1C)c1ccccc1C. The molecule has 0 amide bonds. The molecule has 0 aliphatic rings. The summed E-state index contributed by atoms with van der Waals surface area (Å²) < 4.78 is 4.81. The smallest absolute Gasteiger partial charge is 0.338 e. The van der Waals surface area contributed by atoms with E-state index >= 15 is 0 Å². The van der Waals surface area contributed by atoms with Gasteiger partial charge in [-0.3, -0.25) is 0 Å². The number of hydrogen-bond donors (Lipinski definition) is 2. The molecule has 2 aromatic carbocycles. The van der Waals surface area contributed by atoms with Crippen molar-refractivity contribution in [2.75, 3.05) is 12.4 Å². The van der Waals surface area contributed by atoms with Crippen molar-refractivity contribution in [2.45, 2.75) is 33.2 Å². The summed E-state index contributed by atoms with van der Waals surface area (Å²) in [6.07, 6.45) is 0.911. The normalized spacial score (nSPS) is 11.5. The number of benzene rings is 2. The van der Waals surface area contributed by atoms with Gasteiger partial charge in [-0.25, -0.2) is 4.79 Å². The second kappa shape index (κ2) is 8.62. The van der Waals surface area contributed by atoms with E-state index < -0.39 is 0 Å². The molecule has 2 aromatic rings. The zero-order valence-corrected chi connectivity index (χ0v) is 15.9. The van der Waals surface area contributed by atoms with Gasteiger partial charge in [-0.15, -0.1) is 0 Å². The minimum atomic E-state index is -0.355. The Bertz CT molecular complexity index is 774. The molecule has 0 heterocycles. The van der Waals surface area contributed by atoms with E-state index in [-0.39, 0.29) is 12.0 Å². The quantitative estimate of drug-likeness (QED) is 0.609. The van der Waals surface area contributed by atoms with Crippen LogP contribution in [0.25, 0.3) is 0 Å². The lowest BCUT2D eigenvalue weighted by molar-refractivity contribution is 0.0600. The van der Waals surface area contributed by atoms with Crippen LogP contribution in [-0.2, 0) is 4.74 Å². The van der Waals surface area contributed by atoms with Gasteiger partial charge < -0.3 is 15.4 Å². The van der Waals surface area contributed by atoms with E-state index in [4.69, 9.17) is 17.0 Å². The maximum Gasteiger partial charge on any atom is 0.338 e. The number of aryl methyl sites for hydroxylation is 1. The van der Waals surface area contributed by atoms with Gasteiger partial charge in [-0.1, -0.05) is 37.3 Å². The average molecular weight is 356 g/mol. The van der Waals surface area contributed by atoms with Gasteiger partial charge in [0.2, 0.25) is 0 Å². The van der Waals surface area contributed by atoms with Crippen molar-refractivity contribution in [3.05, 3.63) is 64.7 Å². The number of hydrogen-bond acceptors (Lipinski definition) is 3. The molecule has 0 fully saturated rings. The fourth-order valence-corrected chi connectivity index (χ4v) is 3.05. The topological polar surface area (TPSA) is 50.4 Å². The molecule has 0 aliphatic heterocycles. The van der Waals surface area contributed by atoms with Gasteiger partial charge in [-0.2, -0.15) is 0 Å². The standard InChI is InChI=1S/C20H24N2O2S/c1-5-17(15-10-7-6-9-13(15)2)21-20(25)22-18-12-8-11-16(14(18)3)19(23)24-4/h6-12,17H,5H2,1-4H3,(H2,21,22,25). The number of esters is 1. The van der Waals surface area contributed by atoms with E-state index in [1.54, 1.807) is 6.07 Å². The Balaban J connectivity index is 2.15.